The Hall–Kier alpha value is -1.09. The van der Waals surface area contributed by atoms with E-state index in [-0.39, 0.29) is 0 Å². The molecule has 1 aromatic heterocycles. The van der Waals surface area contributed by atoms with Gasteiger partial charge in [0.15, 0.2) is 0 Å². The van der Waals surface area contributed by atoms with E-state index >= 15 is 0 Å². The number of nitrogens with zero attached hydrogens (tertiary/aromatic N) is 1. The van der Waals surface area contributed by atoms with Crippen LogP contribution in [0.15, 0.2) is 40.3 Å². The predicted molar refractivity (Wildman–Crippen MR) is 69.0 cm³/mol. The fourth-order valence-electron chi connectivity index (χ4n) is 2.48. The first kappa shape index (κ1) is 10.1. The molecule has 3 heteroatoms. The minimum Gasteiger partial charge on any atom is -0.388 e. The second-order valence-corrected chi connectivity index (χ2v) is 5.11. The van der Waals surface area contributed by atoms with E-state index in [0.717, 1.165) is 25.8 Å². The first-order valence-electron chi connectivity index (χ1n) is 5.61. The molecule has 2 heterocycles. The molecule has 0 atom stereocenters. The number of hydrogen-bond acceptors (Lipinski definition) is 2. The molecule has 0 amide bonds. The maximum absolute atomic E-state index is 4.21. The molecule has 0 saturated heterocycles. The van der Waals surface area contributed by atoms with Crippen LogP contribution < -0.4 is 5.32 Å². The SMILES string of the molecule is BrC1=C(c2cccnc2)C2=C(CC1)NCC2. The third-order valence-electron chi connectivity index (χ3n) is 3.20. The van der Waals surface area contributed by atoms with Gasteiger partial charge < -0.3 is 5.32 Å². The Labute approximate surface area is 104 Å². The van der Waals surface area contributed by atoms with Gasteiger partial charge in [-0.25, -0.2) is 0 Å². The van der Waals surface area contributed by atoms with Gasteiger partial charge in [0.25, 0.3) is 0 Å². The molecule has 1 aliphatic carbocycles. The second-order valence-electron chi connectivity index (χ2n) is 4.16. The molecule has 0 saturated carbocycles. The van der Waals surface area contributed by atoms with Crippen molar-refractivity contribution in [2.24, 2.45) is 0 Å². The van der Waals surface area contributed by atoms with Crippen molar-refractivity contribution >= 4 is 21.5 Å². The van der Waals surface area contributed by atoms with Crippen LogP contribution in [0, 0.1) is 0 Å². The molecule has 0 radical (unpaired) electrons. The topological polar surface area (TPSA) is 24.9 Å². The summed E-state index contributed by atoms with van der Waals surface area (Å²) < 4.78 is 1.32. The first-order chi connectivity index (χ1) is 7.86. The Morgan fingerprint density at radius 2 is 2.19 bits per heavy atom. The molecule has 1 N–H and O–H groups in total. The molecular weight excluding hydrogens is 264 g/mol. The van der Waals surface area contributed by atoms with E-state index in [9.17, 15) is 0 Å². The third-order valence-corrected chi connectivity index (χ3v) is 3.99. The van der Waals surface area contributed by atoms with Gasteiger partial charge in [-0.05, 0) is 36.5 Å². The normalized spacial score (nSPS) is 19.8. The monoisotopic (exact) mass is 276 g/mol. The average Bonchev–Trinajstić information content (AvgIpc) is 2.78. The molecular formula is C13H13BrN2. The summed E-state index contributed by atoms with van der Waals surface area (Å²) in [6.07, 6.45) is 7.14. The van der Waals surface area contributed by atoms with Crippen molar-refractivity contribution in [3.05, 3.63) is 45.8 Å². The summed E-state index contributed by atoms with van der Waals surface area (Å²) in [4.78, 5) is 4.21. The standard InChI is InChI=1S/C13H13BrN2/c14-11-3-4-12-10(5-7-16-12)13(11)9-2-1-6-15-8-9/h1-2,6,8,16H,3-5,7H2. The summed E-state index contributed by atoms with van der Waals surface area (Å²) >= 11 is 3.72. The zero-order valence-corrected chi connectivity index (χ0v) is 10.5. The molecule has 16 heavy (non-hydrogen) atoms. The highest BCUT2D eigenvalue weighted by Gasteiger charge is 2.24. The zero-order valence-electron chi connectivity index (χ0n) is 8.96. The Morgan fingerprint density at radius 3 is 3.00 bits per heavy atom. The third kappa shape index (κ3) is 1.59. The van der Waals surface area contributed by atoms with Gasteiger partial charge in [0.05, 0.1) is 0 Å². The number of nitrogens with one attached hydrogen (secondary N) is 1. The Morgan fingerprint density at radius 1 is 1.25 bits per heavy atom. The molecule has 0 unspecified atom stereocenters. The zero-order chi connectivity index (χ0) is 11.0. The van der Waals surface area contributed by atoms with E-state index in [1.54, 1.807) is 0 Å². The molecule has 0 bridgehead atoms. The summed E-state index contributed by atoms with van der Waals surface area (Å²) in [5, 5.41) is 3.48. The molecule has 1 aromatic rings. The van der Waals surface area contributed by atoms with E-state index in [1.807, 2.05) is 18.5 Å². The van der Waals surface area contributed by atoms with Crippen LogP contribution in [-0.4, -0.2) is 11.5 Å². The highest BCUT2D eigenvalue weighted by atomic mass is 79.9. The summed E-state index contributed by atoms with van der Waals surface area (Å²) in [7, 11) is 0. The molecule has 1 aliphatic heterocycles. The molecule has 0 spiro atoms. The summed E-state index contributed by atoms with van der Waals surface area (Å²) in [5.74, 6) is 0. The van der Waals surface area contributed by atoms with Crippen LogP contribution in [0.4, 0.5) is 0 Å². The fraction of sp³-hybridized carbons (Fsp3) is 0.308. The predicted octanol–water partition coefficient (Wildman–Crippen LogP) is 3.23. The van der Waals surface area contributed by atoms with Crippen molar-refractivity contribution in [1.29, 1.82) is 0 Å². The van der Waals surface area contributed by atoms with Gasteiger partial charge in [-0.15, -0.1) is 0 Å². The van der Waals surface area contributed by atoms with Gasteiger partial charge in [-0.1, -0.05) is 22.0 Å². The van der Waals surface area contributed by atoms with Crippen molar-refractivity contribution in [1.82, 2.24) is 10.3 Å². The van der Waals surface area contributed by atoms with Gasteiger partial charge in [-0.2, -0.15) is 0 Å². The summed E-state index contributed by atoms with van der Waals surface area (Å²) in [6, 6.07) is 4.14. The Kier molecular flexibility index (Phi) is 2.56. The number of rotatable bonds is 1. The van der Waals surface area contributed by atoms with Crippen molar-refractivity contribution in [2.45, 2.75) is 19.3 Å². The average molecular weight is 277 g/mol. The lowest BCUT2D eigenvalue weighted by Gasteiger charge is -2.19. The first-order valence-corrected chi connectivity index (χ1v) is 6.41. The van der Waals surface area contributed by atoms with Crippen LogP contribution in [-0.2, 0) is 0 Å². The number of allylic oxidation sites excluding steroid dienone is 3. The largest absolute Gasteiger partial charge is 0.388 e. The van der Waals surface area contributed by atoms with Gasteiger partial charge in [0, 0.05) is 34.7 Å². The highest BCUT2D eigenvalue weighted by molar-refractivity contribution is 9.11. The van der Waals surface area contributed by atoms with Gasteiger partial charge in [0.1, 0.15) is 0 Å². The number of aromatic nitrogens is 1. The van der Waals surface area contributed by atoms with E-state index < -0.39 is 0 Å². The summed E-state index contributed by atoms with van der Waals surface area (Å²) in [6.45, 7) is 1.08. The van der Waals surface area contributed by atoms with Crippen LogP contribution in [0.1, 0.15) is 24.8 Å². The van der Waals surface area contributed by atoms with Gasteiger partial charge >= 0.3 is 0 Å². The Balaban J connectivity index is 2.11. The Bertz CT molecular complexity index is 474. The lowest BCUT2D eigenvalue weighted by atomic mass is 9.90. The van der Waals surface area contributed by atoms with Gasteiger partial charge in [-0.3, -0.25) is 4.98 Å². The van der Waals surface area contributed by atoms with E-state index in [0.29, 0.717) is 0 Å². The molecule has 3 rings (SSSR count). The van der Waals surface area contributed by atoms with Crippen LogP contribution >= 0.6 is 15.9 Å². The van der Waals surface area contributed by atoms with Crippen molar-refractivity contribution in [2.75, 3.05) is 6.54 Å². The van der Waals surface area contributed by atoms with Crippen LogP contribution in [0.25, 0.3) is 5.57 Å². The quantitative estimate of drug-likeness (QED) is 0.852. The smallest absolute Gasteiger partial charge is 0.0346 e. The lowest BCUT2D eigenvalue weighted by Crippen LogP contribution is -2.09. The number of halogens is 1. The van der Waals surface area contributed by atoms with E-state index in [1.165, 1.54) is 26.9 Å². The van der Waals surface area contributed by atoms with Crippen molar-refractivity contribution in [3.63, 3.8) is 0 Å². The maximum atomic E-state index is 4.21. The highest BCUT2D eigenvalue weighted by Crippen LogP contribution is 2.41. The van der Waals surface area contributed by atoms with E-state index in [4.69, 9.17) is 0 Å². The minimum atomic E-state index is 1.08. The van der Waals surface area contributed by atoms with Crippen LogP contribution in [0.2, 0.25) is 0 Å². The molecule has 0 fully saturated rings. The lowest BCUT2D eigenvalue weighted by molar-refractivity contribution is 0.810. The minimum absolute atomic E-state index is 1.08. The maximum Gasteiger partial charge on any atom is 0.0346 e. The van der Waals surface area contributed by atoms with Crippen molar-refractivity contribution in [3.8, 4) is 0 Å². The van der Waals surface area contributed by atoms with Gasteiger partial charge in [0.2, 0.25) is 0 Å². The van der Waals surface area contributed by atoms with Crippen LogP contribution in [0.3, 0.4) is 0 Å². The molecule has 82 valence electrons. The second kappa shape index (κ2) is 4.06. The molecule has 2 nitrogen and oxygen atoms in total. The van der Waals surface area contributed by atoms with E-state index in [2.05, 4.69) is 32.3 Å². The number of pyridine rings is 1. The molecule has 0 aromatic carbocycles. The van der Waals surface area contributed by atoms with Crippen molar-refractivity contribution < 1.29 is 0 Å². The van der Waals surface area contributed by atoms with Crippen LogP contribution in [0.5, 0.6) is 0 Å². The molecule has 2 aliphatic rings. The fourth-order valence-corrected chi connectivity index (χ4v) is 3.14. The number of hydrogen-bond donors (Lipinski definition) is 1. The summed E-state index contributed by atoms with van der Waals surface area (Å²) in [5.41, 5.74) is 5.50.